The van der Waals surface area contributed by atoms with E-state index in [1.807, 2.05) is 0 Å². The van der Waals surface area contributed by atoms with Crippen LogP contribution in [0.15, 0.2) is 62.3 Å². The molecule has 1 aliphatic carbocycles. The van der Waals surface area contributed by atoms with Crippen molar-refractivity contribution in [2.75, 3.05) is 10.5 Å². The van der Waals surface area contributed by atoms with Gasteiger partial charge in [-0.25, -0.2) is 27.6 Å². The first kappa shape index (κ1) is 26.9. The zero-order valence-corrected chi connectivity index (χ0v) is 23.5. The molecule has 1 aliphatic rings. The Morgan fingerprint density at radius 3 is 2.51 bits per heavy atom. The number of imidazole rings is 1. The van der Waals surface area contributed by atoms with Crippen LogP contribution in [0, 0.1) is 18.7 Å². The third-order valence-electron chi connectivity index (χ3n) is 7.08. The summed E-state index contributed by atoms with van der Waals surface area (Å²) in [5.74, 6) is -0.191. The van der Waals surface area contributed by atoms with Gasteiger partial charge in [0.05, 0.1) is 5.69 Å². The summed E-state index contributed by atoms with van der Waals surface area (Å²) in [6, 6.07) is 13.0. The quantitative estimate of drug-likeness (QED) is 0.202. The molecular weight excluding hydrogens is 569 g/mol. The van der Waals surface area contributed by atoms with Gasteiger partial charge in [-0.2, -0.15) is 0 Å². The van der Waals surface area contributed by atoms with E-state index < -0.39 is 27.2 Å². The predicted molar refractivity (Wildman–Crippen MR) is 154 cm³/mol. The summed E-state index contributed by atoms with van der Waals surface area (Å²) < 4.78 is 44.6. The van der Waals surface area contributed by atoms with E-state index in [-0.39, 0.29) is 32.7 Å². The van der Waals surface area contributed by atoms with Gasteiger partial charge in [0, 0.05) is 18.2 Å². The molecule has 0 bridgehead atoms. The second kappa shape index (κ2) is 10.3. The predicted octanol–water partition coefficient (Wildman–Crippen LogP) is 3.48. The number of fused-ring (bicyclic) bond motifs is 1. The van der Waals surface area contributed by atoms with Crippen molar-refractivity contribution in [3.63, 3.8) is 0 Å². The third kappa shape index (κ3) is 5.39. The molecule has 1 saturated carbocycles. The molecular formula is C27H26FN7O4S2. The number of aromatic amines is 2. The number of aryl methyl sites for hydroxylation is 1. The van der Waals surface area contributed by atoms with Crippen molar-refractivity contribution in [2.24, 2.45) is 5.92 Å². The summed E-state index contributed by atoms with van der Waals surface area (Å²) in [4.78, 5) is 39.4. The molecule has 1 unspecified atom stereocenters. The largest absolute Gasteiger partial charge is 0.375 e. The monoisotopic (exact) mass is 595 g/mol. The minimum atomic E-state index is -3.91. The molecule has 6 rings (SSSR count). The molecule has 0 spiro atoms. The summed E-state index contributed by atoms with van der Waals surface area (Å²) in [5.41, 5.74) is 6.74. The number of sulfonamides is 1. The molecule has 5 aromatic rings. The van der Waals surface area contributed by atoms with Crippen LogP contribution >= 0.6 is 11.3 Å². The van der Waals surface area contributed by atoms with Gasteiger partial charge in [0.15, 0.2) is 15.0 Å². The van der Waals surface area contributed by atoms with Crippen LogP contribution in [-0.4, -0.2) is 32.9 Å². The molecule has 3 aromatic heterocycles. The summed E-state index contributed by atoms with van der Waals surface area (Å²) in [7, 11) is -3.91. The van der Waals surface area contributed by atoms with Gasteiger partial charge in [-0.1, -0.05) is 41.7 Å². The van der Waals surface area contributed by atoms with Crippen molar-refractivity contribution < 1.29 is 12.8 Å². The highest BCUT2D eigenvalue weighted by Crippen LogP contribution is 2.33. The van der Waals surface area contributed by atoms with Crippen molar-refractivity contribution in [1.82, 2.24) is 24.5 Å². The van der Waals surface area contributed by atoms with E-state index in [1.54, 1.807) is 49.4 Å². The van der Waals surface area contributed by atoms with Gasteiger partial charge >= 0.3 is 5.69 Å². The van der Waals surface area contributed by atoms with Crippen LogP contribution < -0.4 is 21.7 Å². The molecule has 0 amide bonds. The van der Waals surface area contributed by atoms with Crippen molar-refractivity contribution >= 4 is 43.3 Å². The maximum Gasteiger partial charge on any atom is 0.330 e. The first-order chi connectivity index (χ1) is 19.6. The number of nitrogen functional groups attached to an aromatic ring is 1. The lowest BCUT2D eigenvalue weighted by molar-refractivity contribution is 0.597. The van der Waals surface area contributed by atoms with Gasteiger partial charge in [-0.15, -0.1) is 0 Å². The number of thiazole rings is 1. The molecule has 3 heterocycles. The van der Waals surface area contributed by atoms with E-state index in [0.29, 0.717) is 40.8 Å². The second-order valence-electron chi connectivity index (χ2n) is 10.1. The third-order valence-corrected chi connectivity index (χ3v) is 10.1. The molecule has 1 fully saturated rings. The fraction of sp³-hybridized carbons (Fsp3) is 0.259. The number of anilines is 2. The Labute approximate surface area is 237 Å². The lowest BCUT2D eigenvalue weighted by atomic mass is 9.91. The number of aromatic nitrogens is 5. The summed E-state index contributed by atoms with van der Waals surface area (Å²) >= 11 is 0.877. The van der Waals surface area contributed by atoms with Gasteiger partial charge in [-0.3, -0.25) is 19.1 Å². The smallest absolute Gasteiger partial charge is 0.330 e. The number of rotatable bonds is 9. The number of hydrogen-bond donors (Lipinski definition) is 4. The van der Waals surface area contributed by atoms with Gasteiger partial charge in [0.2, 0.25) is 0 Å². The highest BCUT2D eigenvalue weighted by Gasteiger charge is 2.27. The second-order valence-corrected chi connectivity index (χ2v) is 13.0. The van der Waals surface area contributed by atoms with Crippen LogP contribution in [-0.2, 0) is 23.0 Å². The number of nitrogens with zero attached hydrogens (tertiary/aromatic N) is 3. The van der Waals surface area contributed by atoms with E-state index in [0.717, 1.165) is 24.2 Å². The number of nitrogens with two attached hydrogens (primary N) is 1. The van der Waals surface area contributed by atoms with Crippen LogP contribution in [0.1, 0.15) is 41.4 Å². The van der Waals surface area contributed by atoms with Crippen LogP contribution in [0.4, 0.5) is 15.2 Å². The molecule has 2 aromatic carbocycles. The normalized spacial score (nSPS) is 14.4. The van der Waals surface area contributed by atoms with E-state index in [4.69, 9.17) is 5.73 Å². The van der Waals surface area contributed by atoms with E-state index in [1.165, 1.54) is 10.6 Å². The van der Waals surface area contributed by atoms with Crippen molar-refractivity contribution in [1.29, 1.82) is 0 Å². The van der Waals surface area contributed by atoms with E-state index in [2.05, 4.69) is 24.7 Å². The number of hydrogen-bond acceptors (Lipinski definition) is 8. The molecule has 14 heteroatoms. The molecule has 0 aliphatic heterocycles. The van der Waals surface area contributed by atoms with Crippen molar-refractivity contribution in [2.45, 2.75) is 42.9 Å². The lowest BCUT2D eigenvalue weighted by Crippen LogP contribution is -2.30. The van der Waals surface area contributed by atoms with Gasteiger partial charge < -0.3 is 10.7 Å². The maximum atomic E-state index is 14.7. The lowest BCUT2D eigenvalue weighted by Gasteiger charge is -2.17. The average molecular weight is 596 g/mol. The summed E-state index contributed by atoms with van der Waals surface area (Å²) in [6.07, 6.45) is 2.21. The van der Waals surface area contributed by atoms with Crippen molar-refractivity contribution in [3.8, 4) is 0 Å². The molecule has 1 atom stereocenters. The molecule has 11 nitrogen and oxygen atoms in total. The van der Waals surface area contributed by atoms with Gasteiger partial charge in [0.25, 0.3) is 15.6 Å². The standard InChI is InChI=1S/C27H26FN7O4S2/c1-14-25(40-26(29)30-14)41(38,39)34-18-10-8-16(9-11-18)19(12-17-4-2-3-5-20(17)28)22-31-21-23(32-22)35(13-15-6-7-15)27(37)33-24(21)36/h2-5,8-11,15,19,34H,6-7,12-13H2,1H3,(H2,29,30)(H,31,32)(H,33,36,37). The summed E-state index contributed by atoms with van der Waals surface area (Å²) in [6.45, 7) is 2.02. The Morgan fingerprint density at radius 1 is 1.12 bits per heavy atom. The Morgan fingerprint density at radius 2 is 1.85 bits per heavy atom. The van der Waals surface area contributed by atoms with E-state index >= 15 is 0 Å². The van der Waals surface area contributed by atoms with Gasteiger partial charge in [0.1, 0.15) is 17.2 Å². The molecule has 5 N–H and O–H groups in total. The SMILES string of the molecule is Cc1nc(N)sc1S(=O)(=O)Nc1ccc(C(Cc2ccccc2F)c2nc3c([nH]2)c(=O)[nH]c(=O)n3CC2CC2)cc1. The zero-order chi connectivity index (χ0) is 28.9. The minimum absolute atomic E-state index is 0.0289. The Balaban J connectivity index is 1.39. The Hall–Kier alpha value is -4.30. The number of benzene rings is 2. The first-order valence-corrected chi connectivity index (χ1v) is 15.2. The summed E-state index contributed by atoms with van der Waals surface area (Å²) in [5, 5.41) is 0.154. The molecule has 212 valence electrons. The average Bonchev–Trinajstić information content (AvgIpc) is 3.52. The van der Waals surface area contributed by atoms with Crippen molar-refractivity contribution in [3.05, 3.63) is 97.8 Å². The van der Waals surface area contributed by atoms with Crippen LogP contribution in [0.5, 0.6) is 0 Å². The van der Waals surface area contributed by atoms with Crippen LogP contribution in [0.3, 0.4) is 0 Å². The molecule has 41 heavy (non-hydrogen) atoms. The first-order valence-electron chi connectivity index (χ1n) is 12.9. The Bertz CT molecular complexity index is 1990. The Kier molecular flexibility index (Phi) is 6.74. The van der Waals surface area contributed by atoms with Gasteiger partial charge in [-0.05, 0) is 61.4 Å². The topological polar surface area (TPSA) is 169 Å². The fourth-order valence-electron chi connectivity index (χ4n) is 4.84. The number of H-pyrrole nitrogens is 2. The minimum Gasteiger partial charge on any atom is -0.375 e. The zero-order valence-electron chi connectivity index (χ0n) is 21.8. The van der Waals surface area contributed by atoms with Crippen LogP contribution in [0.25, 0.3) is 11.2 Å². The number of nitrogens with one attached hydrogen (secondary N) is 3. The van der Waals surface area contributed by atoms with Crippen LogP contribution in [0.2, 0.25) is 0 Å². The maximum absolute atomic E-state index is 14.7. The van der Waals surface area contributed by atoms with E-state index in [9.17, 15) is 22.4 Å². The number of halogens is 1. The fourth-order valence-corrected chi connectivity index (χ4v) is 7.20. The highest BCUT2D eigenvalue weighted by atomic mass is 32.2. The molecule has 0 radical (unpaired) electrons. The highest BCUT2D eigenvalue weighted by molar-refractivity contribution is 7.94. The molecule has 0 saturated heterocycles.